The van der Waals surface area contributed by atoms with E-state index < -0.39 is 38.6 Å². The van der Waals surface area contributed by atoms with Crippen molar-refractivity contribution >= 4 is 27.4 Å². The van der Waals surface area contributed by atoms with Crippen LogP contribution < -0.4 is 10.1 Å². The molecule has 0 saturated carbocycles. The molecule has 0 fully saturated rings. The Morgan fingerprint density at radius 1 is 1.27 bits per heavy atom. The molecular formula is C14H19NO6S. The monoisotopic (exact) mass is 329 g/mol. The Morgan fingerprint density at radius 3 is 2.41 bits per heavy atom. The second-order valence-corrected chi connectivity index (χ2v) is 7.53. The largest absolute Gasteiger partial charge is 0.495 e. The van der Waals surface area contributed by atoms with Crippen LogP contribution >= 0.6 is 0 Å². The minimum absolute atomic E-state index is 0.350. The molecule has 8 heteroatoms. The van der Waals surface area contributed by atoms with Crippen LogP contribution in [0.5, 0.6) is 5.75 Å². The first-order chi connectivity index (χ1) is 10.1. The number of carbonyl (C=O) groups excluding carboxylic acids is 1. The van der Waals surface area contributed by atoms with Gasteiger partial charge in [0.05, 0.1) is 24.0 Å². The third kappa shape index (κ3) is 5.03. The highest BCUT2D eigenvalue weighted by atomic mass is 32.2. The second kappa shape index (κ2) is 6.78. The van der Waals surface area contributed by atoms with Gasteiger partial charge in [0.25, 0.3) is 0 Å². The third-order valence-corrected chi connectivity index (χ3v) is 4.76. The van der Waals surface area contributed by atoms with E-state index in [1.165, 1.54) is 21.0 Å². The van der Waals surface area contributed by atoms with Crippen molar-refractivity contribution in [2.24, 2.45) is 5.41 Å². The van der Waals surface area contributed by atoms with Gasteiger partial charge in [-0.05, 0) is 26.0 Å². The fourth-order valence-corrected chi connectivity index (χ4v) is 3.59. The molecule has 1 amide bonds. The van der Waals surface area contributed by atoms with Gasteiger partial charge in [-0.1, -0.05) is 12.1 Å². The predicted octanol–water partition coefficient (Wildman–Crippen LogP) is 1.16. The number of sulfone groups is 1. The Labute approximate surface area is 129 Å². The lowest BCUT2D eigenvalue weighted by Gasteiger charge is -2.18. The second-order valence-electron chi connectivity index (χ2n) is 5.47. The SMILES string of the molecule is COc1ccccc1NC(=O)CS(=O)(=O)CC(C)(C)C(=O)O. The normalized spacial score (nSPS) is 11.8. The minimum Gasteiger partial charge on any atom is -0.495 e. The van der Waals surface area contributed by atoms with E-state index in [9.17, 15) is 18.0 Å². The summed E-state index contributed by atoms with van der Waals surface area (Å²) < 4.78 is 28.9. The molecule has 1 aromatic rings. The molecule has 0 aliphatic heterocycles. The zero-order valence-corrected chi connectivity index (χ0v) is 13.4. The van der Waals surface area contributed by atoms with E-state index >= 15 is 0 Å². The van der Waals surface area contributed by atoms with Crippen molar-refractivity contribution < 1.29 is 27.9 Å². The fourth-order valence-electron chi connectivity index (χ4n) is 1.80. The number of hydrogen-bond donors (Lipinski definition) is 2. The summed E-state index contributed by atoms with van der Waals surface area (Å²) in [5, 5.41) is 11.4. The van der Waals surface area contributed by atoms with Gasteiger partial charge >= 0.3 is 5.97 Å². The van der Waals surface area contributed by atoms with Gasteiger partial charge in [-0.25, -0.2) is 8.42 Å². The molecule has 0 aliphatic carbocycles. The number of nitrogens with one attached hydrogen (secondary N) is 1. The first-order valence-electron chi connectivity index (χ1n) is 6.44. The van der Waals surface area contributed by atoms with Crippen LogP contribution in [0.1, 0.15) is 13.8 Å². The van der Waals surface area contributed by atoms with Gasteiger partial charge in [0.1, 0.15) is 11.5 Å². The molecule has 122 valence electrons. The molecule has 0 radical (unpaired) electrons. The Bertz CT molecular complexity index is 666. The van der Waals surface area contributed by atoms with Crippen molar-refractivity contribution in [1.82, 2.24) is 0 Å². The van der Waals surface area contributed by atoms with Crippen LogP contribution in [0.25, 0.3) is 0 Å². The number of benzene rings is 1. The number of carbonyl (C=O) groups is 2. The minimum atomic E-state index is -3.86. The van der Waals surface area contributed by atoms with Crippen molar-refractivity contribution in [1.29, 1.82) is 0 Å². The van der Waals surface area contributed by atoms with Crippen molar-refractivity contribution in [2.75, 3.05) is 23.9 Å². The van der Waals surface area contributed by atoms with E-state index in [1.54, 1.807) is 24.3 Å². The highest BCUT2D eigenvalue weighted by Crippen LogP contribution is 2.23. The maximum absolute atomic E-state index is 12.0. The standard InChI is InChI=1S/C14H19NO6S/c1-14(2,13(17)18)9-22(19,20)8-12(16)15-10-6-4-5-7-11(10)21-3/h4-7H,8-9H2,1-3H3,(H,15,16)(H,17,18). The number of rotatable bonds is 7. The molecule has 2 N–H and O–H groups in total. The molecule has 1 aromatic carbocycles. The zero-order valence-electron chi connectivity index (χ0n) is 12.6. The number of carboxylic acids is 1. The molecule has 0 unspecified atom stereocenters. The van der Waals surface area contributed by atoms with Crippen LogP contribution in [0.2, 0.25) is 0 Å². The van der Waals surface area contributed by atoms with Gasteiger partial charge in [-0.3, -0.25) is 9.59 Å². The first kappa shape index (κ1) is 18.0. The predicted molar refractivity (Wildman–Crippen MR) is 81.7 cm³/mol. The van der Waals surface area contributed by atoms with E-state index in [4.69, 9.17) is 9.84 Å². The molecule has 0 bridgehead atoms. The topological polar surface area (TPSA) is 110 Å². The lowest BCUT2D eigenvalue weighted by atomic mass is 9.97. The van der Waals surface area contributed by atoms with Crippen LogP contribution in [0.15, 0.2) is 24.3 Å². The van der Waals surface area contributed by atoms with Crippen molar-refractivity contribution in [3.8, 4) is 5.75 Å². The molecule has 0 heterocycles. The molecule has 0 spiro atoms. The molecule has 0 saturated heterocycles. The van der Waals surface area contributed by atoms with E-state index in [-0.39, 0.29) is 0 Å². The Kier molecular flexibility index (Phi) is 5.54. The average Bonchev–Trinajstić information content (AvgIpc) is 2.36. The Morgan fingerprint density at radius 2 is 1.86 bits per heavy atom. The summed E-state index contributed by atoms with van der Waals surface area (Å²) in [6.45, 7) is 2.59. The summed E-state index contributed by atoms with van der Waals surface area (Å²) >= 11 is 0. The summed E-state index contributed by atoms with van der Waals surface area (Å²) in [6.07, 6.45) is 0. The molecule has 7 nitrogen and oxygen atoms in total. The average molecular weight is 329 g/mol. The van der Waals surface area contributed by atoms with E-state index in [2.05, 4.69) is 5.32 Å². The number of hydrogen-bond acceptors (Lipinski definition) is 5. The highest BCUT2D eigenvalue weighted by molar-refractivity contribution is 7.92. The van der Waals surface area contributed by atoms with Crippen LogP contribution in [0.4, 0.5) is 5.69 Å². The summed E-state index contributed by atoms with van der Waals surface area (Å²) in [5.41, 5.74) is -1.11. The molecule has 0 atom stereocenters. The molecule has 0 aromatic heterocycles. The van der Waals surface area contributed by atoms with Gasteiger partial charge < -0.3 is 15.2 Å². The van der Waals surface area contributed by atoms with Crippen LogP contribution in [-0.2, 0) is 19.4 Å². The van der Waals surface area contributed by atoms with Gasteiger partial charge in [0.15, 0.2) is 9.84 Å². The van der Waals surface area contributed by atoms with Crippen LogP contribution in [-0.4, -0.2) is 44.0 Å². The molecule has 22 heavy (non-hydrogen) atoms. The van der Waals surface area contributed by atoms with E-state index in [0.29, 0.717) is 11.4 Å². The van der Waals surface area contributed by atoms with Crippen molar-refractivity contribution in [3.05, 3.63) is 24.3 Å². The lowest BCUT2D eigenvalue weighted by Crippen LogP contribution is -2.35. The molecular weight excluding hydrogens is 310 g/mol. The number of amides is 1. The summed E-state index contributed by atoms with van der Waals surface area (Å²) in [5.74, 6) is -2.98. The number of aliphatic carboxylic acids is 1. The van der Waals surface area contributed by atoms with Gasteiger partial charge in [0, 0.05) is 0 Å². The van der Waals surface area contributed by atoms with Gasteiger partial charge in [0.2, 0.25) is 5.91 Å². The fraction of sp³-hybridized carbons (Fsp3) is 0.429. The maximum Gasteiger partial charge on any atom is 0.310 e. The number of carboxylic acid groups (broad SMARTS) is 1. The number of methoxy groups -OCH3 is 1. The summed E-state index contributed by atoms with van der Waals surface area (Å²) in [7, 11) is -2.43. The first-order valence-corrected chi connectivity index (χ1v) is 8.26. The van der Waals surface area contributed by atoms with Gasteiger partial charge in [-0.15, -0.1) is 0 Å². The number of anilines is 1. The van der Waals surface area contributed by atoms with Crippen LogP contribution in [0.3, 0.4) is 0 Å². The summed E-state index contributed by atoms with van der Waals surface area (Å²) in [4.78, 5) is 22.8. The van der Waals surface area contributed by atoms with Crippen LogP contribution in [0, 0.1) is 5.41 Å². The number of para-hydroxylation sites is 2. The van der Waals surface area contributed by atoms with E-state index in [0.717, 1.165) is 0 Å². The Hall–Kier alpha value is -2.09. The highest BCUT2D eigenvalue weighted by Gasteiger charge is 2.34. The molecule has 0 aliphatic rings. The Balaban J connectivity index is 2.78. The quantitative estimate of drug-likeness (QED) is 0.777. The van der Waals surface area contributed by atoms with E-state index in [1.807, 2.05) is 0 Å². The maximum atomic E-state index is 12.0. The summed E-state index contributed by atoms with van der Waals surface area (Å²) in [6, 6.07) is 6.57. The zero-order chi connectivity index (χ0) is 17.0. The van der Waals surface area contributed by atoms with Crippen molar-refractivity contribution in [3.63, 3.8) is 0 Å². The number of ether oxygens (including phenoxy) is 1. The smallest absolute Gasteiger partial charge is 0.310 e. The third-order valence-electron chi connectivity index (χ3n) is 2.89. The van der Waals surface area contributed by atoms with Crippen molar-refractivity contribution in [2.45, 2.75) is 13.8 Å². The lowest BCUT2D eigenvalue weighted by molar-refractivity contribution is -0.145. The van der Waals surface area contributed by atoms with Gasteiger partial charge in [-0.2, -0.15) is 0 Å². The molecule has 1 rings (SSSR count).